The van der Waals surface area contributed by atoms with Gasteiger partial charge in [0, 0.05) is 12.1 Å². The molecule has 2 aromatic rings. The molecule has 0 aliphatic rings. The molecule has 20 heavy (non-hydrogen) atoms. The van der Waals surface area contributed by atoms with Gasteiger partial charge in [-0.3, -0.25) is 14.9 Å². The normalized spacial score (nSPS) is 10.3. The van der Waals surface area contributed by atoms with Crippen LogP contribution in [0, 0.1) is 24.0 Å². The Morgan fingerprint density at radius 1 is 1.45 bits per heavy atom. The number of nitro benzene ring substituents is 1. The zero-order valence-corrected chi connectivity index (χ0v) is 11.0. The highest BCUT2D eigenvalue weighted by Gasteiger charge is 2.13. The molecule has 0 spiro atoms. The van der Waals surface area contributed by atoms with Crippen LogP contribution in [0.5, 0.6) is 5.75 Å². The number of ether oxygens (including phenoxy) is 1. The van der Waals surface area contributed by atoms with Crippen LogP contribution in [0.2, 0.25) is 0 Å². The number of nitro groups is 1. The maximum atomic E-state index is 10.9. The number of oxazole rings is 1. The topological polar surface area (TPSA) is 95.5 Å². The predicted molar refractivity (Wildman–Crippen MR) is 68.8 cm³/mol. The van der Waals surface area contributed by atoms with Crippen LogP contribution in [-0.4, -0.2) is 16.2 Å². The number of non-ortho nitro benzene ring substituents is 1. The molecule has 0 fully saturated rings. The van der Waals surface area contributed by atoms with E-state index in [2.05, 4.69) is 4.98 Å². The lowest BCUT2D eigenvalue weighted by atomic mass is 10.2. The molecule has 0 aliphatic heterocycles. The zero-order valence-electron chi connectivity index (χ0n) is 11.0. The van der Waals surface area contributed by atoms with Gasteiger partial charge in [-0.25, -0.2) is 4.98 Å². The highest BCUT2D eigenvalue weighted by molar-refractivity contribution is 5.80. The van der Waals surface area contributed by atoms with Gasteiger partial charge in [0.1, 0.15) is 11.5 Å². The molecule has 0 radical (unpaired) electrons. The number of hydrogen-bond acceptors (Lipinski definition) is 6. The van der Waals surface area contributed by atoms with E-state index in [0.29, 0.717) is 17.9 Å². The van der Waals surface area contributed by atoms with Crippen molar-refractivity contribution in [3.05, 3.63) is 51.2 Å². The molecule has 0 unspecified atom stereocenters. The summed E-state index contributed by atoms with van der Waals surface area (Å²) in [5.41, 5.74) is 0.712. The Hall–Kier alpha value is -2.70. The largest absolute Gasteiger partial charge is 0.483 e. The molecule has 0 aliphatic carbocycles. The molecule has 7 nitrogen and oxygen atoms in total. The lowest BCUT2D eigenvalue weighted by molar-refractivity contribution is -0.384. The molecule has 2 rings (SSSR count). The number of aromatic nitrogens is 1. The van der Waals surface area contributed by atoms with Gasteiger partial charge < -0.3 is 9.15 Å². The van der Waals surface area contributed by atoms with E-state index in [1.54, 1.807) is 6.92 Å². The Morgan fingerprint density at radius 3 is 2.75 bits per heavy atom. The molecule has 0 N–H and O–H groups in total. The molecule has 0 saturated carbocycles. The van der Waals surface area contributed by atoms with E-state index < -0.39 is 4.92 Å². The number of aldehydes is 1. The van der Waals surface area contributed by atoms with E-state index >= 15 is 0 Å². The minimum atomic E-state index is -0.572. The van der Waals surface area contributed by atoms with Crippen molar-refractivity contribution in [2.24, 2.45) is 0 Å². The maximum Gasteiger partial charge on any atom is 0.270 e. The summed E-state index contributed by atoms with van der Waals surface area (Å²) in [6, 6.07) is 3.81. The number of nitrogens with zero attached hydrogens (tertiary/aromatic N) is 2. The van der Waals surface area contributed by atoms with Gasteiger partial charge in [-0.2, -0.15) is 0 Å². The average Bonchev–Trinajstić information content (AvgIpc) is 2.75. The van der Waals surface area contributed by atoms with Crippen molar-refractivity contribution in [3.8, 4) is 5.75 Å². The van der Waals surface area contributed by atoms with Crippen LogP contribution in [0.1, 0.15) is 27.7 Å². The molecule has 104 valence electrons. The van der Waals surface area contributed by atoms with Gasteiger partial charge in [-0.15, -0.1) is 0 Å². The molecule has 0 amide bonds. The molecule has 0 saturated heterocycles. The van der Waals surface area contributed by atoms with E-state index in [1.165, 1.54) is 12.1 Å². The average molecular weight is 276 g/mol. The van der Waals surface area contributed by atoms with Crippen LogP contribution in [0.4, 0.5) is 5.69 Å². The van der Waals surface area contributed by atoms with Crippen molar-refractivity contribution in [1.82, 2.24) is 4.98 Å². The van der Waals surface area contributed by atoms with E-state index in [-0.39, 0.29) is 23.6 Å². The summed E-state index contributed by atoms with van der Waals surface area (Å²) in [4.78, 5) is 25.1. The van der Waals surface area contributed by atoms with E-state index in [9.17, 15) is 14.9 Å². The lowest BCUT2D eigenvalue weighted by Gasteiger charge is -2.05. The van der Waals surface area contributed by atoms with Crippen molar-refractivity contribution in [2.75, 3.05) is 0 Å². The number of hydrogen-bond donors (Lipinski definition) is 0. The van der Waals surface area contributed by atoms with Crippen molar-refractivity contribution >= 4 is 12.0 Å². The standard InChI is InChI=1S/C13H12N2O5/c1-8-9(2)20-13(14-8)7-19-12-4-3-11(15(17)18)5-10(12)6-16/h3-6H,7H2,1-2H3. The van der Waals surface area contributed by atoms with Crippen molar-refractivity contribution in [2.45, 2.75) is 20.5 Å². The minimum absolute atomic E-state index is 0.0489. The quantitative estimate of drug-likeness (QED) is 0.473. The minimum Gasteiger partial charge on any atom is -0.483 e. The van der Waals surface area contributed by atoms with Crippen LogP contribution < -0.4 is 4.74 Å². The molecule has 1 aromatic heterocycles. The van der Waals surface area contributed by atoms with Gasteiger partial charge in [-0.1, -0.05) is 0 Å². The van der Waals surface area contributed by atoms with Gasteiger partial charge in [0.05, 0.1) is 16.2 Å². The third-order valence-electron chi connectivity index (χ3n) is 2.76. The molecule has 0 bridgehead atoms. The Kier molecular flexibility index (Phi) is 3.79. The second-order valence-electron chi connectivity index (χ2n) is 4.13. The number of aryl methyl sites for hydroxylation is 2. The fourth-order valence-electron chi connectivity index (χ4n) is 1.61. The van der Waals surface area contributed by atoms with Crippen LogP contribution >= 0.6 is 0 Å². The second-order valence-corrected chi connectivity index (χ2v) is 4.13. The van der Waals surface area contributed by atoms with Crippen LogP contribution in [-0.2, 0) is 6.61 Å². The lowest BCUT2D eigenvalue weighted by Crippen LogP contribution is -1.99. The van der Waals surface area contributed by atoms with E-state index in [1.807, 2.05) is 6.92 Å². The van der Waals surface area contributed by atoms with E-state index in [4.69, 9.17) is 9.15 Å². The third kappa shape index (κ3) is 2.82. The second kappa shape index (κ2) is 5.52. The first kappa shape index (κ1) is 13.7. The fraction of sp³-hybridized carbons (Fsp3) is 0.231. The number of benzene rings is 1. The van der Waals surface area contributed by atoms with Gasteiger partial charge in [0.2, 0.25) is 5.89 Å². The third-order valence-corrected chi connectivity index (χ3v) is 2.76. The first-order valence-corrected chi connectivity index (χ1v) is 5.80. The molecule has 1 aromatic carbocycles. The monoisotopic (exact) mass is 276 g/mol. The van der Waals surface area contributed by atoms with Gasteiger partial charge in [0.25, 0.3) is 5.69 Å². The molecular formula is C13H12N2O5. The summed E-state index contributed by atoms with van der Waals surface area (Å²) < 4.78 is 10.7. The SMILES string of the molecule is Cc1nc(COc2ccc([N+](=O)[O-])cc2C=O)oc1C. The number of carbonyl (C=O) groups excluding carboxylic acids is 1. The fourth-order valence-corrected chi connectivity index (χ4v) is 1.61. The maximum absolute atomic E-state index is 10.9. The number of carbonyl (C=O) groups is 1. The first-order chi connectivity index (χ1) is 9.51. The number of rotatable bonds is 5. The first-order valence-electron chi connectivity index (χ1n) is 5.80. The van der Waals surface area contributed by atoms with E-state index in [0.717, 1.165) is 11.8 Å². The van der Waals surface area contributed by atoms with Crippen molar-refractivity contribution < 1.29 is 18.9 Å². The van der Waals surface area contributed by atoms with Crippen LogP contribution in [0.15, 0.2) is 22.6 Å². The Balaban J connectivity index is 2.16. The summed E-state index contributed by atoms with van der Waals surface area (Å²) in [7, 11) is 0. The van der Waals surface area contributed by atoms with Gasteiger partial charge >= 0.3 is 0 Å². The Bertz CT molecular complexity index is 643. The van der Waals surface area contributed by atoms with Gasteiger partial charge in [0.15, 0.2) is 12.9 Å². The Labute approximate surface area is 114 Å². The summed E-state index contributed by atoms with van der Waals surface area (Å²) >= 11 is 0. The van der Waals surface area contributed by atoms with Crippen molar-refractivity contribution in [3.63, 3.8) is 0 Å². The zero-order chi connectivity index (χ0) is 14.7. The molecule has 1 heterocycles. The summed E-state index contributed by atoms with van der Waals surface area (Å²) in [5.74, 6) is 1.33. The van der Waals surface area contributed by atoms with Crippen molar-refractivity contribution in [1.29, 1.82) is 0 Å². The van der Waals surface area contributed by atoms with Gasteiger partial charge in [-0.05, 0) is 19.9 Å². The summed E-state index contributed by atoms with van der Waals surface area (Å²) in [6.07, 6.45) is 0.508. The molecular weight excluding hydrogens is 264 g/mol. The Morgan fingerprint density at radius 2 is 2.20 bits per heavy atom. The molecule has 0 atom stereocenters. The highest BCUT2D eigenvalue weighted by atomic mass is 16.6. The predicted octanol–water partition coefficient (Wildman–Crippen LogP) is 2.59. The summed E-state index contributed by atoms with van der Waals surface area (Å²) in [6.45, 7) is 3.65. The highest BCUT2D eigenvalue weighted by Crippen LogP contribution is 2.23. The van der Waals surface area contributed by atoms with Crippen LogP contribution in [0.25, 0.3) is 0 Å². The molecule has 7 heteroatoms. The van der Waals surface area contributed by atoms with Crippen LogP contribution in [0.3, 0.4) is 0 Å². The smallest absolute Gasteiger partial charge is 0.270 e. The summed E-state index contributed by atoms with van der Waals surface area (Å²) in [5, 5.41) is 10.6.